The van der Waals surface area contributed by atoms with E-state index < -0.39 is 21.7 Å². The molecule has 0 aliphatic heterocycles. The van der Waals surface area contributed by atoms with Gasteiger partial charge in [0.15, 0.2) is 0 Å². The molecular formula is C19H23NO4S. The molecule has 6 heteroatoms. The molecule has 0 aromatic heterocycles. The van der Waals surface area contributed by atoms with Crippen molar-refractivity contribution >= 4 is 16.1 Å². The van der Waals surface area contributed by atoms with Gasteiger partial charge in [-0.25, -0.2) is 13.2 Å². The minimum atomic E-state index is -4.03. The highest BCUT2D eigenvalue weighted by molar-refractivity contribution is 7.89. The average Bonchev–Trinajstić information content (AvgIpc) is 2.52. The molecule has 25 heavy (non-hydrogen) atoms. The van der Waals surface area contributed by atoms with Crippen LogP contribution in [0.25, 0.3) is 0 Å². The number of rotatable bonds is 4. The zero-order valence-electron chi connectivity index (χ0n) is 14.9. The Morgan fingerprint density at radius 2 is 1.56 bits per heavy atom. The Balaban J connectivity index is 2.42. The Labute approximate surface area is 149 Å². The second kappa shape index (κ2) is 7.27. The van der Waals surface area contributed by atoms with E-state index in [9.17, 15) is 13.2 Å². The molecule has 0 aliphatic carbocycles. The Bertz CT molecular complexity index is 822. The third-order valence-corrected chi connectivity index (χ3v) is 5.10. The highest BCUT2D eigenvalue weighted by Gasteiger charge is 2.33. The zero-order valence-corrected chi connectivity index (χ0v) is 15.7. The van der Waals surface area contributed by atoms with Crippen molar-refractivity contribution in [3.63, 3.8) is 0 Å². The molecule has 0 radical (unpaired) electrons. The average molecular weight is 361 g/mol. The first-order valence-electron chi connectivity index (χ1n) is 7.96. The van der Waals surface area contributed by atoms with Gasteiger partial charge in [0.05, 0.1) is 11.4 Å². The third kappa shape index (κ3) is 5.06. The number of ether oxygens (including phenoxy) is 1. The molecular weight excluding hydrogens is 338 g/mol. The van der Waals surface area contributed by atoms with Crippen LogP contribution in [0.1, 0.15) is 31.9 Å². The Morgan fingerprint density at radius 3 is 2.08 bits per heavy atom. The first-order valence-corrected chi connectivity index (χ1v) is 9.40. The first kappa shape index (κ1) is 19.0. The van der Waals surface area contributed by atoms with Crippen LogP contribution in [0.15, 0.2) is 59.5 Å². The number of nitrogens with zero attached hydrogens (tertiary/aromatic N) is 1. The van der Waals surface area contributed by atoms with Crippen LogP contribution >= 0.6 is 0 Å². The van der Waals surface area contributed by atoms with Gasteiger partial charge in [-0.1, -0.05) is 48.0 Å². The lowest BCUT2D eigenvalue weighted by Crippen LogP contribution is -2.40. The molecule has 0 heterocycles. The van der Waals surface area contributed by atoms with Gasteiger partial charge in [-0.3, -0.25) is 0 Å². The van der Waals surface area contributed by atoms with Crippen molar-refractivity contribution in [2.75, 3.05) is 0 Å². The fourth-order valence-corrected chi connectivity index (χ4v) is 3.43. The fourth-order valence-electron chi connectivity index (χ4n) is 2.15. The predicted octanol–water partition coefficient (Wildman–Crippen LogP) is 4.12. The quantitative estimate of drug-likeness (QED) is 0.822. The van der Waals surface area contributed by atoms with E-state index in [-0.39, 0.29) is 11.4 Å². The van der Waals surface area contributed by atoms with Crippen molar-refractivity contribution in [2.24, 2.45) is 0 Å². The summed E-state index contributed by atoms with van der Waals surface area (Å²) in [5, 5.41) is 0. The van der Waals surface area contributed by atoms with Crippen LogP contribution in [0.5, 0.6) is 0 Å². The van der Waals surface area contributed by atoms with Crippen LogP contribution in [-0.2, 0) is 21.3 Å². The maximum absolute atomic E-state index is 13.0. The smallest absolute Gasteiger partial charge is 0.424 e. The highest BCUT2D eigenvalue weighted by atomic mass is 32.2. The van der Waals surface area contributed by atoms with Crippen molar-refractivity contribution in [1.29, 1.82) is 0 Å². The number of benzene rings is 2. The van der Waals surface area contributed by atoms with Crippen LogP contribution < -0.4 is 0 Å². The zero-order chi connectivity index (χ0) is 18.7. The molecule has 0 aliphatic rings. The van der Waals surface area contributed by atoms with Gasteiger partial charge in [-0.05, 0) is 45.4 Å². The molecule has 0 spiro atoms. The number of hydrogen-bond donors (Lipinski definition) is 0. The normalized spacial score (nSPS) is 11.8. The van der Waals surface area contributed by atoms with Gasteiger partial charge in [0.25, 0.3) is 10.0 Å². The molecule has 134 valence electrons. The van der Waals surface area contributed by atoms with E-state index in [1.807, 2.05) is 13.0 Å². The van der Waals surface area contributed by atoms with E-state index in [0.29, 0.717) is 5.56 Å². The number of amides is 1. The Morgan fingerprint density at radius 1 is 1.00 bits per heavy atom. The second-order valence-corrected chi connectivity index (χ2v) is 8.65. The molecule has 2 aromatic rings. The topological polar surface area (TPSA) is 63.7 Å². The summed E-state index contributed by atoms with van der Waals surface area (Å²) < 4.78 is 32.1. The Hall–Kier alpha value is -2.34. The van der Waals surface area contributed by atoms with Gasteiger partial charge in [0.1, 0.15) is 5.60 Å². The summed E-state index contributed by atoms with van der Waals surface area (Å²) in [6.45, 7) is 6.87. The van der Waals surface area contributed by atoms with Gasteiger partial charge in [0.2, 0.25) is 0 Å². The lowest BCUT2D eigenvalue weighted by atomic mass is 10.2. The van der Waals surface area contributed by atoms with Crippen molar-refractivity contribution in [3.8, 4) is 0 Å². The van der Waals surface area contributed by atoms with Crippen LogP contribution in [0.4, 0.5) is 4.79 Å². The number of carbonyl (C=O) groups is 1. The lowest BCUT2D eigenvalue weighted by molar-refractivity contribution is 0.0381. The highest BCUT2D eigenvalue weighted by Crippen LogP contribution is 2.22. The molecule has 5 nitrogen and oxygen atoms in total. The molecule has 0 saturated heterocycles. The van der Waals surface area contributed by atoms with Crippen molar-refractivity contribution in [2.45, 2.75) is 44.7 Å². The molecule has 0 N–H and O–H groups in total. The standard InChI is InChI=1S/C19H23NO4S/c1-15-10-12-17(13-11-15)25(22,23)20(18(21)24-19(2,3)4)14-16-8-6-5-7-9-16/h5-13H,14H2,1-4H3. The fraction of sp³-hybridized carbons (Fsp3) is 0.316. The molecule has 0 unspecified atom stereocenters. The predicted molar refractivity (Wildman–Crippen MR) is 96.6 cm³/mol. The van der Waals surface area contributed by atoms with Crippen molar-refractivity contribution < 1.29 is 17.9 Å². The minimum Gasteiger partial charge on any atom is -0.443 e. The van der Waals surface area contributed by atoms with Gasteiger partial charge in [-0.15, -0.1) is 0 Å². The molecule has 1 amide bonds. The van der Waals surface area contributed by atoms with E-state index in [1.54, 1.807) is 57.2 Å². The Kier molecular flexibility index (Phi) is 5.52. The minimum absolute atomic E-state index is 0.0555. The monoisotopic (exact) mass is 361 g/mol. The summed E-state index contributed by atoms with van der Waals surface area (Å²) in [6, 6.07) is 15.3. The number of sulfonamides is 1. The molecule has 2 aromatic carbocycles. The van der Waals surface area contributed by atoms with E-state index in [1.165, 1.54) is 12.1 Å². The van der Waals surface area contributed by atoms with E-state index in [0.717, 1.165) is 9.87 Å². The maximum atomic E-state index is 13.0. The van der Waals surface area contributed by atoms with Gasteiger partial charge < -0.3 is 4.74 Å². The second-order valence-electron chi connectivity index (χ2n) is 6.79. The van der Waals surface area contributed by atoms with Gasteiger partial charge in [-0.2, -0.15) is 4.31 Å². The van der Waals surface area contributed by atoms with Crippen LogP contribution in [0.3, 0.4) is 0 Å². The molecule has 2 rings (SSSR count). The third-order valence-electron chi connectivity index (χ3n) is 3.38. The number of carbonyl (C=O) groups excluding carboxylic acids is 1. The molecule has 0 saturated carbocycles. The van der Waals surface area contributed by atoms with Crippen LogP contribution in [-0.4, -0.2) is 24.4 Å². The molecule has 0 fully saturated rings. The van der Waals surface area contributed by atoms with Crippen LogP contribution in [0, 0.1) is 6.92 Å². The van der Waals surface area contributed by atoms with Gasteiger partial charge in [0, 0.05) is 0 Å². The first-order chi connectivity index (χ1) is 11.6. The molecule has 0 bridgehead atoms. The molecule has 0 atom stereocenters. The maximum Gasteiger partial charge on any atom is 0.424 e. The summed E-state index contributed by atoms with van der Waals surface area (Å²) in [7, 11) is -4.03. The number of hydrogen-bond acceptors (Lipinski definition) is 4. The van der Waals surface area contributed by atoms with Crippen molar-refractivity contribution in [3.05, 3.63) is 65.7 Å². The van der Waals surface area contributed by atoms with E-state index in [4.69, 9.17) is 4.74 Å². The summed E-state index contributed by atoms with van der Waals surface area (Å²) in [6.07, 6.45) is -0.892. The SMILES string of the molecule is Cc1ccc(S(=O)(=O)N(Cc2ccccc2)C(=O)OC(C)(C)C)cc1. The summed E-state index contributed by atoms with van der Waals surface area (Å²) >= 11 is 0. The van der Waals surface area contributed by atoms with Crippen molar-refractivity contribution in [1.82, 2.24) is 4.31 Å². The largest absolute Gasteiger partial charge is 0.443 e. The number of aryl methyl sites for hydroxylation is 1. The summed E-state index contributed by atoms with van der Waals surface area (Å²) in [5.41, 5.74) is 0.837. The lowest BCUT2D eigenvalue weighted by Gasteiger charge is -2.27. The summed E-state index contributed by atoms with van der Waals surface area (Å²) in [5.74, 6) is 0. The summed E-state index contributed by atoms with van der Waals surface area (Å²) in [4.78, 5) is 12.6. The van der Waals surface area contributed by atoms with E-state index in [2.05, 4.69) is 0 Å². The van der Waals surface area contributed by atoms with E-state index >= 15 is 0 Å². The van der Waals surface area contributed by atoms with Gasteiger partial charge >= 0.3 is 6.09 Å². The van der Waals surface area contributed by atoms with Crippen LogP contribution in [0.2, 0.25) is 0 Å².